The van der Waals surface area contributed by atoms with Crippen LogP contribution in [0.1, 0.15) is 29.8 Å². The lowest BCUT2D eigenvalue weighted by Gasteiger charge is -2.03. The molecule has 0 aliphatic heterocycles. The van der Waals surface area contributed by atoms with E-state index in [2.05, 4.69) is 0 Å². The van der Waals surface area contributed by atoms with Gasteiger partial charge in [-0.05, 0) is 24.6 Å². The highest BCUT2D eigenvalue weighted by Gasteiger charge is 2.09. The number of rotatable bonds is 1. The molecule has 1 rings (SSSR count). The van der Waals surface area contributed by atoms with Crippen molar-refractivity contribution < 1.29 is 9.90 Å². The average molecular weight is 216 g/mol. The molecule has 3 nitrogen and oxygen atoms in total. The molecule has 0 saturated carbocycles. The Kier molecular flexibility index (Phi) is 5.02. The van der Waals surface area contributed by atoms with Crippen LogP contribution < -0.4 is 5.73 Å². The number of carboxylic acid groups (broad SMARTS) is 1. The monoisotopic (exact) mass is 215 g/mol. The smallest absolute Gasteiger partial charge is 0.337 e. The van der Waals surface area contributed by atoms with Gasteiger partial charge in [0, 0.05) is 10.7 Å². The van der Waals surface area contributed by atoms with Gasteiger partial charge in [0.25, 0.3) is 0 Å². The summed E-state index contributed by atoms with van der Waals surface area (Å²) in [6.07, 6.45) is 0. The van der Waals surface area contributed by atoms with Gasteiger partial charge >= 0.3 is 5.97 Å². The van der Waals surface area contributed by atoms with E-state index < -0.39 is 5.97 Å². The van der Waals surface area contributed by atoms with Crippen LogP contribution in [0.2, 0.25) is 5.02 Å². The molecule has 1 aromatic rings. The van der Waals surface area contributed by atoms with E-state index >= 15 is 0 Å². The quantitative estimate of drug-likeness (QED) is 0.708. The Morgan fingerprint density at radius 2 is 1.93 bits per heavy atom. The highest BCUT2D eigenvalue weighted by atomic mass is 35.5. The van der Waals surface area contributed by atoms with Gasteiger partial charge in [-0.2, -0.15) is 0 Å². The van der Waals surface area contributed by atoms with Crippen LogP contribution in [-0.2, 0) is 0 Å². The molecule has 4 heteroatoms. The number of benzene rings is 1. The molecule has 0 aromatic heterocycles. The maximum absolute atomic E-state index is 10.6. The standard InChI is InChI=1S/C8H8ClNO2.C2H6/c1-4-2-5(8(11)12)7(10)3-6(4)9;1-2/h2-3H,10H2,1H3,(H,11,12);1-2H3. The number of halogens is 1. The zero-order chi connectivity index (χ0) is 11.3. The van der Waals surface area contributed by atoms with Gasteiger partial charge in [0.1, 0.15) is 0 Å². The van der Waals surface area contributed by atoms with Crippen molar-refractivity contribution in [3.63, 3.8) is 0 Å². The molecule has 0 fully saturated rings. The van der Waals surface area contributed by atoms with Crippen LogP contribution in [0.25, 0.3) is 0 Å². The highest BCUT2D eigenvalue weighted by molar-refractivity contribution is 6.31. The zero-order valence-electron chi connectivity index (χ0n) is 8.47. The molecule has 0 aliphatic rings. The molecule has 0 saturated heterocycles. The Hall–Kier alpha value is -1.22. The number of hydrogen-bond donors (Lipinski definition) is 2. The molecule has 1 aromatic carbocycles. The molecule has 0 radical (unpaired) electrons. The van der Waals surface area contributed by atoms with Crippen LogP contribution in [0.15, 0.2) is 12.1 Å². The Labute approximate surface area is 88.5 Å². The predicted octanol–water partition coefficient (Wildman–Crippen LogP) is 2.96. The minimum atomic E-state index is -1.03. The van der Waals surface area contributed by atoms with Gasteiger partial charge in [0.05, 0.1) is 5.56 Å². The van der Waals surface area contributed by atoms with Crippen LogP contribution in [0, 0.1) is 6.92 Å². The average Bonchev–Trinajstić information content (AvgIpc) is 2.14. The molecule has 14 heavy (non-hydrogen) atoms. The fourth-order valence-corrected chi connectivity index (χ4v) is 1.05. The minimum Gasteiger partial charge on any atom is -0.478 e. The second kappa shape index (κ2) is 5.50. The van der Waals surface area contributed by atoms with E-state index in [0.29, 0.717) is 10.6 Å². The molecule has 0 bridgehead atoms. The van der Waals surface area contributed by atoms with Crippen molar-refractivity contribution in [2.45, 2.75) is 20.8 Å². The van der Waals surface area contributed by atoms with Crippen molar-refractivity contribution in [2.75, 3.05) is 5.73 Å². The third kappa shape index (κ3) is 2.92. The van der Waals surface area contributed by atoms with Gasteiger partial charge in [0.15, 0.2) is 0 Å². The first kappa shape index (κ1) is 12.8. The summed E-state index contributed by atoms with van der Waals surface area (Å²) in [4.78, 5) is 10.6. The second-order valence-corrected chi connectivity index (χ2v) is 2.90. The van der Waals surface area contributed by atoms with Crippen molar-refractivity contribution in [1.29, 1.82) is 0 Å². The number of aromatic carboxylic acids is 1. The van der Waals surface area contributed by atoms with Gasteiger partial charge < -0.3 is 10.8 Å². The number of carbonyl (C=O) groups is 1. The number of hydrogen-bond acceptors (Lipinski definition) is 2. The number of carboxylic acids is 1. The largest absolute Gasteiger partial charge is 0.478 e. The Morgan fingerprint density at radius 1 is 1.43 bits per heavy atom. The number of nitrogens with two attached hydrogens (primary N) is 1. The van der Waals surface area contributed by atoms with Gasteiger partial charge in [-0.3, -0.25) is 0 Å². The molecular weight excluding hydrogens is 202 g/mol. The summed E-state index contributed by atoms with van der Waals surface area (Å²) in [6, 6.07) is 2.90. The van der Waals surface area contributed by atoms with Crippen molar-refractivity contribution in [3.8, 4) is 0 Å². The molecular formula is C10H14ClNO2. The first-order valence-corrected chi connectivity index (χ1v) is 4.69. The Morgan fingerprint density at radius 3 is 2.36 bits per heavy atom. The van der Waals surface area contributed by atoms with Crippen molar-refractivity contribution >= 4 is 23.3 Å². The van der Waals surface area contributed by atoms with E-state index in [0.717, 1.165) is 0 Å². The summed E-state index contributed by atoms with van der Waals surface area (Å²) in [6.45, 7) is 5.73. The number of anilines is 1. The fraction of sp³-hybridized carbons (Fsp3) is 0.300. The highest BCUT2D eigenvalue weighted by Crippen LogP contribution is 2.22. The molecule has 0 unspecified atom stereocenters. The van der Waals surface area contributed by atoms with Gasteiger partial charge in [-0.25, -0.2) is 4.79 Å². The molecule has 0 spiro atoms. The molecule has 0 atom stereocenters. The van der Waals surface area contributed by atoms with Crippen molar-refractivity contribution in [2.24, 2.45) is 0 Å². The van der Waals surface area contributed by atoms with E-state index in [1.165, 1.54) is 12.1 Å². The lowest BCUT2D eigenvalue weighted by Crippen LogP contribution is -2.02. The Bertz CT molecular complexity index is 337. The fourth-order valence-electron chi connectivity index (χ4n) is 0.882. The molecule has 0 aliphatic carbocycles. The van der Waals surface area contributed by atoms with Crippen molar-refractivity contribution in [1.82, 2.24) is 0 Å². The minimum absolute atomic E-state index is 0.0944. The van der Waals surface area contributed by atoms with E-state index in [1.807, 2.05) is 13.8 Å². The summed E-state index contributed by atoms with van der Waals surface area (Å²) in [5, 5.41) is 9.14. The van der Waals surface area contributed by atoms with Crippen LogP contribution >= 0.6 is 11.6 Å². The van der Waals surface area contributed by atoms with E-state index in [1.54, 1.807) is 6.92 Å². The summed E-state index contributed by atoms with van der Waals surface area (Å²) in [5.41, 5.74) is 6.42. The topological polar surface area (TPSA) is 63.3 Å². The summed E-state index contributed by atoms with van der Waals surface area (Å²) >= 11 is 5.72. The first-order chi connectivity index (χ1) is 6.52. The van der Waals surface area contributed by atoms with Gasteiger partial charge in [-0.1, -0.05) is 25.4 Å². The lowest BCUT2D eigenvalue weighted by atomic mass is 10.1. The SMILES string of the molecule is CC.Cc1cc(C(=O)O)c(N)cc1Cl. The molecule has 0 amide bonds. The van der Waals surface area contributed by atoms with Gasteiger partial charge in [0.2, 0.25) is 0 Å². The number of aryl methyl sites for hydroxylation is 1. The van der Waals surface area contributed by atoms with Crippen molar-refractivity contribution in [3.05, 3.63) is 28.3 Å². The zero-order valence-corrected chi connectivity index (χ0v) is 9.22. The van der Waals surface area contributed by atoms with E-state index in [-0.39, 0.29) is 11.3 Å². The number of nitrogen functional groups attached to an aromatic ring is 1. The van der Waals surface area contributed by atoms with Gasteiger partial charge in [-0.15, -0.1) is 0 Å². The molecule has 3 N–H and O–H groups in total. The summed E-state index contributed by atoms with van der Waals surface area (Å²) < 4.78 is 0. The maximum atomic E-state index is 10.6. The second-order valence-electron chi connectivity index (χ2n) is 2.49. The van der Waals surface area contributed by atoms with E-state index in [9.17, 15) is 4.79 Å². The summed E-state index contributed by atoms with van der Waals surface area (Å²) in [5.74, 6) is -1.03. The van der Waals surface area contributed by atoms with Crippen LogP contribution in [-0.4, -0.2) is 11.1 Å². The predicted molar refractivity (Wildman–Crippen MR) is 58.9 cm³/mol. The Balaban J connectivity index is 0.000000791. The molecule has 0 heterocycles. The summed E-state index contributed by atoms with van der Waals surface area (Å²) in [7, 11) is 0. The normalized spacial score (nSPS) is 8.86. The maximum Gasteiger partial charge on any atom is 0.337 e. The molecule has 78 valence electrons. The first-order valence-electron chi connectivity index (χ1n) is 4.31. The third-order valence-corrected chi connectivity index (χ3v) is 1.97. The lowest BCUT2D eigenvalue weighted by molar-refractivity contribution is 0.0698. The van der Waals surface area contributed by atoms with Crippen LogP contribution in [0.3, 0.4) is 0 Å². The van der Waals surface area contributed by atoms with Crippen LogP contribution in [0.5, 0.6) is 0 Å². The van der Waals surface area contributed by atoms with Crippen LogP contribution in [0.4, 0.5) is 5.69 Å². The van der Waals surface area contributed by atoms with E-state index in [4.69, 9.17) is 22.4 Å². The third-order valence-electron chi connectivity index (χ3n) is 1.56.